The Bertz CT molecular complexity index is 994. The van der Waals surface area contributed by atoms with Crippen LogP contribution in [-0.2, 0) is 40.1 Å². The molecule has 0 aromatic carbocycles. The van der Waals surface area contributed by atoms with E-state index in [2.05, 4.69) is 38.6 Å². The molecule has 0 rings (SSSR count). The third kappa shape index (κ3) is 19.9. The quantitative estimate of drug-likeness (QED) is 0.251. The Balaban J connectivity index is -0.000000250. The molecule has 0 aromatic heterocycles. The summed E-state index contributed by atoms with van der Waals surface area (Å²) in [6, 6.07) is 0. The number of hydrogen-bond acceptors (Lipinski definition) is 8. The van der Waals surface area contributed by atoms with Gasteiger partial charge in [-0.3, -0.25) is 0 Å². The number of quaternary nitrogens is 2. The number of unbranched alkanes of at least 4 members (excludes halogenated alkanes) is 2. The van der Waals surface area contributed by atoms with Gasteiger partial charge in [0.25, 0.3) is 0 Å². The van der Waals surface area contributed by atoms with E-state index in [1.807, 2.05) is 0 Å². The van der Waals surface area contributed by atoms with E-state index in [1.165, 1.54) is 38.8 Å². The fraction of sp³-hybridized carbons (Fsp3) is 1.00. The second-order valence-corrected chi connectivity index (χ2v) is 13.8. The second kappa shape index (κ2) is 18.6. The summed E-state index contributed by atoms with van der Waals surface area (Å²) in [4.78, 5) is 0. The van der Waals surface area contributed by atoms with E-state index in [0.29, 0.717) is 0 Å². The van der Waals surface area contributed by atoms with Crippen molar-refractivity contribution in [2.75, 3.05) is 27.2 Å². The Morgan fingerprint density at radius 1 is 0.452 bits per heavy atom. The van der Waals surface area contributed by atoms with Gasteiger partial charge in [-0.15, -0.1) is 0 Å². The molecule has 260 valence electrons. The monoisotopic (exact) mass is 736 g/mol. The molecule has 0 aromatic rings. The molecule has 28 heteroatoms. The average molecular weight is 737 g/mol. The van der Waals surface area contributed by atoms with Crippen molar-refractivity contribution >= 4 is 40.1 Å². The molecule has 0 unspecified atom stereocenters. The fourth-order valence-corrected chi connectivity index (χ4v) is 4.66. The number of sulfonamides is 4. The van der Waals surface area contributed by atoms with Crippen LogP contribution in [0.1, 0.15) is 39.5 Å². The molecule has 0 aliphatic heterocycles. The van der Waals surface area contributed by atoms with Crippen LogP contribution in [0.3, 0.4) is 0 Å². The number of alkyl halides is 12. The van der Waals surface area contributed by atoms with Gasteiger partial charge >= 0.3 is 22.0 Å². The van der Waals surface area contributed by atoms with Crippen LogP contribution in [0.5, 0.6) is 0 Å². The van der Waals surface area contributed by atoms with Crippen molar-refractivity contribution in [2.24, 2.45) is 0 Å². The second-order valence-electron chi connectivity index (χ2n) is 6.93. The smallest absolute Gasteiger partial charge is 0.421 e. The molecule has 42 heavy (non-hydrogen) atoms. The summed E-state index contributed by atoms with van der Waals surface area (Å²) in [5.74, 6) is 0. The normalized spacial score (nSPS) is 13.5. The highest BCUT2D eigenvalue weighted by atomic mass is 32.3. The van der Waals surface area contributed by atoms with Gasteiger partial charge in [0.05, 0.1) is 27.2 Å². The first-order valence-electron chi connectivity index (χ1n) is 10.5. The Morgan fingerprint density at radius 3 is 0.690 bits per heavy atom. The Morgan fingerprint density at radius 2 is 0.619 bits per heavy atom. The van der Waals surface area contributed by atoms with Crippen LogP contribution in [-0.4, -0.2) is 82.9 Å². The number of hydrogen-bond donors (Lipinski definition) is 2. The van der Waals surface area contributed by atoms with Gasteiger partial charge in [0, 0.05) is 0 Å². The van der Waals surface area contributed by atoms with Crippen molar-refractivity contribution in [3.63, 3.8) is 0 Å². The van der Waals surface area contributed by atoms with Gasteiger partial charge in [0.1, 0.15) is 0 Å². The minimum absolute atomic E-state index is 0.778. The van der Waals surface area contributed by atoms with Gasteiger partial charge in [0.15, 0.2) is 40.1 Å². The van der Waals surface area contributed by atoms with Gasteiger partial charge in [-0.1, -0.05) is 26.7 Å². The molecule has 4 N–H and O–H groups in total. The molecular formula is C14H28F12N4O8S4. The van der Waals surface area contributed by atoms with E-state index in [9.17, 15) is 86.4 Å². The third-order valence-corrected chi connectivity index (χ3v) is 8.74. The average Bonchev–Trinajstić information content (AvgIpc) is 2.73. The first-order chi connectivity index (χ1) is 18.2. The van der Waals surface area contributed by atoms with E-state index in [4.69, 9.17) is 0 Å². The van der Waals surface area contributed by atoms with Crippen molar-refractivity contribution in [3.8, 4) is 0 Å². The van der Waals surface area contributed by atoms with Crippen LogP contribution >= 0.6 is 0 Å². The molecule has 0 atom stereocenters. The summed E-state index contributed by atoms with van der Waals surface area (Å²) >= 11 is 0. The molecule has 0 bridgehead atoms. The zero-order valence-electron chi connectivity index (χ0n) is 21.7. The number of nitrogens with two attached hydrogens (primary N) is 2. The van der Waals surface area contributed by atoms with Crippen molar-refractivity contribution in [2.45, 2.75) is 61.6 Å². The predicted octanol–water partition coefficient (Wildman–Crippen LogP) is 2.08. The molecule has 0 radical (unpaired) electrons. The largest absolute Gasteiger partial charge is 0.480 e. The van der Waals surface area contributed by atoms with Crippen LogP contribution in [0.4, 0.5) is 52.7 Å². The first kappa shape index (κ1) is 47.7. The Labute approximate surface area is 234 Å². The molecule has 0 saturated carbocycles. The van der Waals surface area contributed by atoms with Crippen molar-refractivity contribution in [1.29, 1.82) is 0 Å². The maximum absolute atomic E-state index is 11.4. The maximum atomic E-state index is 11.4. The van der Waals surface area contributed by atoms with Crippen LogP contribution in [0.25, 0.3) is 8.25 Å². The molecule has 0 aliphatic carbocycles. The van der Waals surface area contributed by atoms with Crippen LogP contribution in [0.15, 0.2) is 0 Å². The summed E-state index contributed by atoms with van der Waals surface area (Å²) in [5.41, 5.74) is -24.8. The summed E-state index contributed by atoms with van der Waals surface area (Å²) < 4.78 is 218. The van der Waals surface area contributed by atoms with Crippen LogP contribution in [0, 0.1) is 0 Å². The van der Waals surface area contributed by atoms with E-state index >= 15 is 0 Å². The number of nitrogens with zero attached hydrogens (tertiary/aromatic N) is 2. The summed E-state index contributed by atoms with van der Waals surface area (Å²) in [6.45, 7) is 7.00. The summed E-state index contributed by atoms with van der Waals surface area (Å²) in [6.07, 6.45) is 5.36. The minimum atomic E-state index is -6.72. The van der Waals surface area contributed by atoms with Crippen molar-refractivity contribution < 1.29 is 97.0 Å². The first-order valence-corrected chi connectivity index (χ1v) is 16.3. The molecule has 12 nitrogen and oxygen atoms in total. The van der Waals surface area contributed by atoms with E-state index in [0.717, 1.165) is 8.25 Å². The lowest BCUT2D eigenvalue weighted by molar-refractivity contribution is -0.627. The number of rotatable bonds is 10. The highest BCUT2D eigenvalue weighted by Gasteiger charge is 2.48. The van der Waals surface area contributed by atoms with Gasteiger partial charge in [-0.25, -0.2) is 33.7 Å². The third-order valence-electron chi connectivity index (χ3n) is 3.26. The zero-order chi connectivity index (χ0) is 35.1. The highest BCUT2D eigenvalue weighted by Crippen LogP contribution is 2.37. The Kier molecular flexibility index (Phi) is 21.1. The number of halogens is 12. The maximum Gasteiger partial charge on any atom is 0.480 e. The molecule has 0 fully saturated rings. The highest BCUT2D eigenvalue weighted by molar-refractivity contribution is 8.13. The van der Waals surface area contributed by atoms with Gasteiger partial charge in [-0.05, 0) is 12.8 Å². The SMILES string of the molecule is CCCC[NH2+]C.CCCC[NH2+]C.O=S(=O)([N-]S(=O)(=O)C(F)(F)F)C(F)(F)F.O=S(=O)([N-]S(=O)(=O)C(F)(F)F)C(F)(F)F. The van der Waals surface area contributed by atoms with E-state index < -0.39 is 62.1 Å². The molecule has 0 saturated heterocycles. The molecule has 0 spiro atoms. The Hall–Kier alpha value is -1.20. The molecule has 0 amide bonds. The van der Waals surface area contributed by atoms with E-state index in [1.54, 1.807) is 0 Å². The fourth-order valence-electron chi connectivity index (χ4n) is 1.24. The lowest BCUT2D eigenvalue weighted by Gasteiger charge is -2.22. The minimum Gasteiger partial charge on any atom is -0.421 e. The molecular weight excluding hydrogens is 708 g/mol. The van der Waals surface area contributed by atoms with Gasteiger partial charge in [-0.2, -0.15) is 52.7 Å². The van der Waals surface area contributed by atoms with Gasteiger partial charge in [0.2, 0.25) is 0 Å². The lowest BCUT2D eigenvalue weighted by atomic mass is 10.3. The van der Waals surface area contributed by atoms with E-state index in [-0.39, 0.29) is 0 Å². The predicted molar refractivity (Wildman–Crippen MR) is 122 cm³/mol. The molecule has 0 heterocycles. The standard InChI is InChI=1S/2C5H13N.2C2F6NO4S2/c2*1-3-4-5-6-2;2*3-1(4,5)14(10,11)9-15(12,13)2(6,7)8/h2*6H,3-5H2,1-2H3;;/q;;2*-1/p+2. The van der Waals surface area contributed by atoms with Crippen LogP contribution < -0.4 is 10.6 Å². The molecule has 0 aliphatic rings. The van der Waals surface area contributed by atoms with Crippen molar-refractivity contribution in [1.82, 2.24) is 0 Å². The summed E-state index contributed by atoms with van der Waals surface area (Å²) in [5, 5.41) is 4.42. The van der Waals surface area contributed by atoms with Gasteiger partial charge < -0.3 is 18.9 Å². The van der Waals surface area contributed by atoms with Crippen molar-refractivity contribution in [3.05, 3.63) is 8.25 Å². The zero-order valence-corrected chi connectivity index (χ0v) is 25.0. The van der Waals surface area contributed by atoms with Crippen LogP contribution in [0.2, 0.25) is 0 Å². The lowest BCUT2D eigenvalue weighted by Crippen LogP contribution is -2.79. The summed E-state index contributed by atoms with van der Waals surface area (Å²) in [7, 11) is -22.7. The topological polar surface area (TPSA) is 198 Å².